The molecule has 1 rings (SSSR count). The smallest absolute Gasteiger partial charge is 0.224 e. The van der Waals surface area contributed by atoms with Crippen LogP contribution >= 0.6 is 15.9 Å². The molecule has 0 heterocycles. The zero-order valence-electron chi connectivity index (χ0n) is 10.7. The summed E-state index contributed by atoms with van der Waals surface area (Å²) in [5.74, 6) is -0.138. The molecule has 0 aliphatic rings. The van der Waals surface area contributed by atoms with Crippen molar-refractivity contribution in [2.45, 2.75) is 6.92 Å². The lowest BCUT2D eigenvalue weighted by molar-refractivity contribution is -0.123. The number of nitrogens with one attached hydrogen (secondary N) is 1. The molecule has 1 atom stereocenters. The van der Waals surface area contributed by atoms with E-state index in [0.717, 1.165) is 10.2 Å². The fraction of sp³-hybridized carbons (Fsp3) is 0.385. The van der Waals surface area contributed by atoms with E-state index in [-0.39, 0.29) is 11.8 Å². The predicted octanol–water partition coefficient (Wildman–Crippen LogP) is 2.14. The maximum Gasteiger partial charge on any atom is 0.224 e. The van der Waals surface area contributed by atoms with Crippen LogP contribution in [-0.2, 0) is 4.79 Å². The molecule has 0 bridgehead atoms. The first-order chi connectivity index (χ1) is 8.51. The van der Waals surface area contributed by atoms with Gasteiger partial charge in [0.1, 0.15) is 6.07 Å². The van der Waals surface area contributed by atoms with Gasteiger partial charge < -0.3 is 10.2 Å². The standard InChI is InChI=1S/C13H16BrN3O/c1-9(13(18)16-2)8-17(3)12-6-4-5-11(14)10(12)7-15/h4-6,9H,8H2,1-3H3,(H,16,18). The van der Waals surface area contributed by atoms with E-state index >= 15 is 0 Å². The molecule has 0 spiro atoms. The van der Waals surface area contributed by atoms with E-state index in [4.69, 9.17) is 5.26 Å². The van der Waals surface area contributed by atoms with Gasteiger partial charge in [-0.05, 0) is 28.1 Å². The van der Waals surface area contributed by atoms with Crippen molar-refractivity contribution in [3.8, 4) is 6.07 Å². The van der Waals surface area contributed by atoms with E-state index in [0.29, 0.717) is 12.1 Å². The van der Waals surface area contributed by atoms with Crippen LogP contribution in [0.3, 0.4) is 0 Å². The number of rotatable bonds is 4. The monoisotopic (exact) mass is 309 g/mol. The molecule has 4 nitrogen and oxygen atoms in total. The Balaban J connectivity index is 2.92. The number of hydrogen-bond acceptors (Lipinski definition) is 3. The van der Waals surface area contributed by atoms with Crippen molar-refractivity contribution in [2.24, 2.45) is 5.92 Å². The first-order valence-electron chi connectivity index (χ1n) is 5.62. The minimum absolute atomic E-state index is 0.00430. The molecule has 5 heteroatoms. The van der Waals surface area contributed by atoms with Crippen LogP contribution in [0.2, 0.25) is 0 Å². The van der Waals surface area contributed by atoms with Gasteiger partial charge in [0.25, 0.3) is 0 Å². The summed E-state index contributed by atoms with van der Waals surface area (Å²) in [7, 11) is 3.50. The van der Waals surface area contributed by atoms with Crippen LogP contribution in [0.15, 0.2) is 22.7 Å². The zero-order valence-corrected chi connectivity index (χ0v) is 12.3. The van der Waals surface area contributed by atoms with Crippen LogP contribution < -0.4 is 10.2 Å². The highest BCUT2D eigenvalue weighted by Crippen LogP contribution is 2.26. The van der Waals surface area contributed by atoms with Gasteiger partial charge in [-0.2, -0.15) is 5.26 Å². The number of nitriles is 1. The number of carbonyl (C=O) groups is 1. The number of halogens is 1. The molecule has 1 unspecified atom stereocenters. The number of hydrogen-bond donors (Lipinski definition) is 1. The van der Waals surface area contributed by atoms with Crippen LogP contribution in [0.5, 0.6) is 0 Å². The Morgan fingerprint density at radius 2 is 2.28 bits per heavy atom. The Morgan fingerprint density at radius 3 is 2.83 bits per heavy atom. The number of carbonyl (C=O) groups excluding carboxylic acids is 1. The van der Waals surface area contributed by atoms with E-state index in [1.165, 1.54) is 0 Å². The molecule has 0 saturated carbocycles. The third-order valence-corrected chi connectivity index (χ3v) is 3.42. The maximum absolute atomic E-state index is 11.5. The fourth-order valence-corrected chi connectivity index (χ4v) is 2.22. The quantitative estimate of drug-likeness (QED) is 0.927. The Bertz CT molecular complexity index is 482. The van der Waals surface area contributed by atoms with Crippen molar-refractivity contribution in [1.82, 2.24) is 5.32 Å². The molecule has 18 heavy (non-hydrogen) atoms. The largest absolute Gasteiger partial charge is 0.373 e. The second-order valence-electron chi connectivity index (χ2n) is 4.14. The summed E-state index contributed by atoms with van der Waals surface area (Å²) in [5, 5.41) is 11.8. The zero-order chi connectivity index (χ0) is 13.7. The van der Waals surface area contributed by atoms with Gasteiger partial charge in [0.2, 0.25) is 5.91 Å². The van der Waals surface area contributed by atoms with Gasteiger partial charge in [0, 0.05) is 25.1 Å². The second-order valence-corrected chi connectivity index (χ2v) is 5.00. The number of anilines is 1. The molecule has 0 saturated heterocycles. The molecule has 0 fully saturated rings. The summed E-state index contributed by atoms with van der Waals surface area (Å²) in [4.78, 5) is 13.4. The topological polar surface area (TPSA) is 56.1 Å². The van der Waals surface area contributed by atoms with Crippen LogP contribution in [-0.4, -0.2) is 26.5 Å². The molecule has 1 amide bonds. The third-order valence-electron chi connectivity index (χ3n) is 2.76. The van der Waals surface area contributed by atoms with Gasteiger partial charge in [-0.15, -0.1) is 0 Å². The van der Waals surface area contributed by atoms with Crippen molar-refractivity contribution in [1.29, 1.82) is 5.26 Å². The highest BCUT2D eigenvalue weighted by Gasteiger charge is 2.16. The molecule has 0 aliphatic heterocycles. The molecule has 1 aromatic rings. The van der Waals surface area contributed by atoms with Crippen molar-refractivity contribution < 1.29 is 4.79 Å². The maximum atomic E-state index is 11.5. The van der Waals surface area contributed by atoms with Gasteiger partial charge in [0.15, 0.2) is 0 Å². The average Bonchev–Trinajstić information content (AvgIpc) is 2.37. The molecule has 1 N–H and O–H groups in total. The van der Waals surface area contributed by atoms with Crippen LogP contribution in [0.4, 0.5) is 5.69 Å². The Labute approximate surface area is 116 Å². The molecule has 0 aromatic heterocycles. The summed E-state index contributed by atoms with van der Waals surface area (Å²) in [6, 6.07) is 7.75. The normalized spacial score (nSPS) is 11.5. The Hall–Kier alpha value is -1.54. The number of benzene rings is 1. The SMILES string of the molecule is CNC(=O)C(C)CN(C)c1cccc(Br)c1C#N. The highest BCUT2D eigenvalue weighted by molar-refractivity contribution is 9.10. The molecular formula is C13H16BrN3O. The van der Waals surface area contributed by atoms with Gasteiger partial charge in [-0.25, -0.2) is 0 Å². The average molecular weight is 310 g/mol. The minimum Gasteiger partial charge on any atom is -0.373 e. The summed E-state index contributed by atoms with van der Waals surface area (Å²) >= 11 is 3.36. The number of nitrogens with zero attached hydrogens (tertiary/aromatic N) is 2. The van der Waals surface area contributed by atoms with Crippen LogP contribution in [0, 0.1) is 17.2 Å². The van der Waals surface area contributed by atoms with Gasteiger partial charge in [-0.3, -0.25) is 4.79 Å². The minimum atomic E-state index is -0.134. The lowest BCUT2D eigenvalue weighted by Gasteiger charge is -2.23. The Kier molecular flexibility index (Phi) is 5.17. The lowest BCUT2D eigenvalue weighted by atomic mass is 10.1. The van der Waals surface area contributed by atoms with E-state index in [2.05, 4.69) is 27.3 Å². The van der Waals surface area contributed by atoms with Gasteiger partial charge >= 0.3 is 0 Å². The molecule has 96 valence electrons. The van der Waals surface area contributed by atoms with Gasteiger partial charge in [0.05, 0.1) is 17.2 Å². The van der Waals surface area contributed by atoms with Gasteiger partial charge in [-0.1, -0.05) is 13.0 Å². The highest BCUT2D eigenvalue weighted by atomic mass is 79.9. The first-order valence-corrected chi connectivity index (χ1v) is 6.42. The van der Waals surface area contributed by atoms with E-state index in [1.807, 2.05) is 37.1 Å². The summed E-state index contributed by atoms with van der Waals surface area (Å²) in [5.41, 5.74) is 1.41. The van der Waals surface area contributed by atoms with Crippen molar-refractivity contribution >= 4 is 27.5 Å². The van der Waals surface area contributed by atoms with Crippen molar-refractivity contribution in [3.63, 3.8) is 0 Å². The number of amides is 1. The van der Waals surface area contributed by atoms with E-state index in [1.54, 1.807) is 7.05 Å². The van der Waals surface area contributed by atoms with Crippen molar-refractivity contribution in [3.05, 3.63) is 28.2 Å². The third kappa shape index (κ3) is 3.23. The Morgan fingerprint density at radius 1 is 1.61 bits per heavy atom. The molecule has 0 aliphatic carbocycles. The first kappa shape index (κ1) is 14.5. The van der Waals surface area contributed by atoms with Crippen LogP contribution in [0.25, 0.3) is 0 Å². The molecule has 0 radical (unpaired) electrons. The van der Waals surface area contributed by atoms with Crippen LogP contribution in [0.1, 0.15) is 12.5 Å². The fourth-order valence-electron chi connectivity index (χ4n) is 1.78. The predicted molar refractivity (Wildman–Crippen MR) is 75.4 cm³/mol. The van der Waals surface area contributed by atoms with E-state index in [9.17, 15) is 4.79 Å². The second kappa shape index (κ2) is 6.41. The van der Waals surface area contributed by atoms with Crippen molar-refractivity contribution in [2.75, 3.05) is 25.5 Å². The molecular weight excluding hydrogens is 294 g/mol. The summed E-state index contributed by atoms with van der Waals surface area (Å²) in [6.45, 7) is 2.42. The molecule has 1 aromatic carbocycles. The summed E-state index contributed by atoms with van der Waals surface area (Å²) in [6.07, 6.45) is 0. The lowest BCUT2D eigenvalue weighted by Crippen LogP contribution is -2.34. The summed E-state index contributed by atoms with van der Waals surface area (Å²) < 4.78 is 0.766. The van der Waals surface area contributed by atoms with E-state index < -0.39 is 0 Å².